The molecule has 0 unspecified atom stereocenters. The van der Waals surface area contributed by atoms with Crippen molar-refractivity contribution in [2.24, 2.45) is 0 Å². The van der Waals surface area contributed by atoms with Crippen LogP contribution < -0.4 is 4.90 Å². The fourth-order valence-corrected chi connectivity index (χ4v) is 4.40. The maximum absolute atomic E-state index is 11.1. The van der Waals surface area contributed by atoms with Crippen LogP contribution in [0.1, 0.15) is 16.7 Å². The molecule has 1 heterocycles. The standard InChI is InChI=1S/C26H24N2O2S/c29-25(30)17-21-10-7-11-22(16-21)18-28(15-14-20-8-3-1-4-9-20)26-27-24(19-31-26)23-12-5-2-6-13-23/h1-13,16,19H,14-15,17-18H2,(H,29,30). The predicted octanol–water partition coefficient (Wildman–Crippen LogP) is 5.69. The fraction of sp³-hybridized carbons (Fsp3) is 0.154. The molecule has 3 aromatic carbocycles. The average Bonchev–Trinajstić information content (AvgIpc) is 3.28. The van der Waals surface area contributed by atoms with Crippen molar-refractivity contribution in [1.29, 1.82) is 0 Å². The minimum Gasteiger partial charge on any atom is -0.481 e. The van der Waals surface area contributed by atoms with Gasteiger partial charge in [-0.3, -0.25) is 4.79 Å². The first-order valence-electron chi connectivity index (χ1n) is 10.3. The largest absolute Gasteiger partial charge is 0.481 e. The van der Waals surface area contributed by atoms with Crippen LogP contribution in [0.15, 0.2) is 90.3 Å². The molecule has 0 radical (unpaired) electrons. The van der Waals surface area contributed by atoms with Gasteiger partial charge in [0.1, 0.15) is 0 Å². The third-order valence-corrected chi connectivity index (χ3v) is 5.97. The molecular weight excluding hydrogens is 404 g/mol. The second kappa shape index (κ2) is 10.0. The topological polar surface area (TPSA) is 53.4 Å². The number of hydrogen-bond acceptors (Lipinski definition) is 4. The molecular formula is C26H24N2O2S. The van der Waals surface area contributed by atoms with Crippen molar-refractivity contribution in [3.63, 3.8) is 0 Å². The molecule has 0 spiro atoms. The number of anilines is 1. The molecule has 1 N–H and O–H groups in total. The molecule has 4 nitrogen and oxygen atoms in total. The first-order chi connectivity index (χ1) is 15.2. The number of benzene rings is 3. The summed E-state index contributed by atoms with van der Waals surface area (Å²) in [5.74, 6) is -0.814. The van der Waals surface area contributed by atoms with Crippen molar-refractivity contribution in [3.05, 3.63) is 107 Å². The third-order valence-electron chi connectivity index (χ3n) is 5.07. The Morgan fingerprint density at radius 2 is 1.55 bits per heavy atom. The number of nitrogens with zero attached hydrogens (tertiary/aromatic N) is 2. The Hall–Kier alpha value is -3.44. The van der Waals surface area contributed by atoms with E-state index in [4.69, 9.17) is 10.1 Å². The van der Waals surface area contributed by atoms with E-state index in [-0.39, 0.29) is 6.42 Å². The molecule has 0 aliphatic heterocycles. The summed E-state index contributed by atoms with van der Waals surface area (Å²) in [6, 6.07) is 28.5. The van der Waals surface area contributed by atoms with Gasteiger partial charge in [-0.2, -0.15) is 0 Å². The highest BCUT2D eigenvalue weighted by atomic mass is 32.1. The van der Waals surface area contributed by atoms with E-state index in [0.29, 0.717) is 6.54 Å². The van der Waals surface area contributed by atoms with Crippen LogP contribution in [0.4, 0.5) is 5.13 Å². The number of carbonyl (C=O) groups is 1. The molecule has 0 fully saturated rings. The van der Waals surface area contributed by atoms with Crippen LogP contribution in [0.25, 0.3) is 11.3 Å². The second-order valence-electron chi connectivity index (χ2n) is 7.43. The highest BCUT2D eigenvalue weighted by Crippen LogP contribution is 2.28. The highest BCUT2D eigenvalue weighted by Gasteiger charge is 2.14. The van der Waals surface area contributed by atoms with E-state index in [1.54, 1.807) is 11.3 Å². The normalized spacial score (nSPS) is 10.7. The maximum Gasteiger partial charge on any atom is 0.307 e. The van der Waals surface area contributed by atoms with Gasteiger partial charge in [0.2, 0.25) is 0 Å². The predicted molar refractivity (Wildman–Crippen MR) is 127 cm³/mol. The highest BCUT2D eigenvalue weighted by molar-refractivity contribution is 7.14. The lowest BCUT2D eigenvalue weighted by Gasteiger charge is -2.22. The molecule has 0 amide bonds. The number of aliphatic carboxylic acids is 1. The number of carboxylic acids is 1. The number of rotatable bonds is 9. The summed E-state index contributed by atoms with van der Waals surface area (Å²) >= 11 is 1.64. The van der Waals surface area contributed by atoms with E-state index in [1.165, 1.54) is 5.56 Å². The quantitative estimate of drug-likeness (QED) is 0.372. The van der Waals surface area contributed by atoms with E-state index >= 15 is 0 Å². The van der Waals surface area contributed by atoms with E-state index in [2.05, 4.69) is 46.7 Å². The molecule has 156 valence electrons. The molecule has 4 aromatic rings. The molecule has 0 aliphatic carbocycles. The zero-order chi connectivity index (χ0) is 21.5. The lowest BCUT2D eigenvalue weighted by atomic mass is 10.1. The smallest absolute Gasteiger partial charge is 0.307 e. The monoisotopic (exact) mass is 428 g/mol. The summed E-state index contributed by atoms with van der Waals surface area (Å²) in [4.78, 5) is 18.3. The third kappa shape index (κ3) is 5.80. The van der Waals surface area contributed by atoms with Crippen LogP contribution in [0.2, 0.25) is 0 Å². The van der Waals surface area contributed by atoms with Gasteiger partial charge < -0.3 is 10.0 Å². The van der Waals surface area contributed by atoms with Gasteiger partial charge in [0.25, 0.3) is 0 Å². The number of hydrogen-bond donors (Lipinski definition) is 1. The van der Waals surface area contributed by atoms with Crippen molar-refractivity contribution in [2.45, 2.75) is 19.4 Å². The van der Waals surface area contributed by atoms with Crippen LogP contribution in [0, 0.1) is 0 Å². The Morgan fingerprint density at radius 1 is 0.871 bits per heavy atom. The van der Waals surface area contributed by atoms with Crippen molar-refractivity contribution < 1.29 is 9.90 Å². The molecule has 0 saturated heterocycles. The zero-order valence-electron chi connectivity index (χ0n) is 17.1. The maximum atomic E-state index is 11.1. The number of thiazole rings is 1. The Labute approximate surface area is 186 Å². The van der Waals surface area contributed by atoms with Gasteiger partial charge in [-0.25, -0.2) is 4.98 Å². The summed E-state index contributed by atoms with van der Waals surface area (Å²) in [5, 5.41) is 12.2. The first kappa shape index (κ1) is 20.8. The van der Waals surface area contributed by atoms with E-state index in [0.717, 1.165) is 40.5 Å². The van der Waals surface area contributed by atoms with Crippen LogP contribution in [-0.4, -0.2) is 22.6 Å². The van der Waals surface area contributed by atoms with Gasteiger partial charge in [-0.15, -0.1) is 11.3 Å². The van der Waals surface area contributed by atoms with Gasteiger partial charge in [-0.1, -0.05) is 84.9 Å². The number of carboxylic acid groups (broad SMARTS) is 1. The van der Waals surface area contributed by atoms with Crippen molar-refractivity contribution >= 4 is 22.4 Å². The summed E-state index contributed by atoms with van der Waals surface area (Å²) in [6.07, 6.45) is 0.948. The molecule has 0 bridgehead atoms. The molecule has 31 heavy (non-hydrogen) atoms. The van der Waals surface area contributed by atoms with E-state index in [1.807, 2.05) is 48.5 Å². The fourth-order valence-electron chi connectivity index (χ4n) is 3.54. The van der Waals surface area contributed by atoms with Crippen molar-refractivity contribution in [3.8, 4) is 11.3 Å². The Balaban J connectivity index is 1.57. The van der Waals surface area contributed by atoms with Gasteiger partial charge >= 0.3 is 5.97 Å². The second-order valence-corrected chi connectivity index (χ2v) is 8.27. The molecule has 0 saturated carbocycles. The zero-order valence-corrected chi connectivity index (χ0v) is 18.0. The Morgan fingerprint density at radius 3 is 2.29 bits per heavy atom. The number of aromatic nitrogens is 1. The molecule has 5 heteroatoms. The lowest BCUT2D eigenvalue weighted by molar-refractivity contribution is -0.136. The Bertz CT molecular complexity index is 1130. The molecule has 0 aliphatic rings. The average molecular weight is 429 g/mol. The summed E-state index contributed by atoms with van der Waals surface area (Å²) in [7, 11) is 0. The van der Waals surface area contributed by atoms with Crippen molar-refractivity contribution in [2.75, 3.05) is 11.4 Å². The van der Waals surface area contributed by atoms with E-state index in [9.17, 15) is 4.79 Å². The van der Waals surface area contributed by atoms with Crippen molar-refractivity contribution in [1.82, 2.24) is 4.98 Å². The minimum absolute atomic E-state index is 0.0350. The van der Waals surface area contributed by atoms with Gasteiger partial charge in [-0.05, 0) is 23.1 Å². The lowest BCUT2D eigenvalue weighted by Crippen LogP contribution is -2.25. The molecule has 0 atom stereocenters. The molecule has 4 rings (SSSR count). The Kier molecular flexibility index (Phi) is 6.75. The molecule has 1 aromatic heterocycles. The van der Waals surface area contributed by atoms with Gasteiger partial charge in [0.15, 0.2) is 5.13 Å². The van der Waals surface area contributed by atoms with Gasteiger partial charge in [0, 0.05) is 24.0 Å². The minimum atomic E-state index is -0.814. The van der Waals surface area contributed by atoms with Crippen LogP contribution in [0.5, 0.6) is 0 Å². The SMILES string of the molecule is O=C(O)Cc1cccc(CN(CCc2ccccc2)c2nc(-c3ccccc3)cs2)c1. The first-order valence-corrected chi connectivity index (χ1v) is 11.1. The summed E-state index contributed by atoms with van der Waals surface area (Å²) in [6.45, 7) is 1.51. The van der Waals surface area contributed by atoms with Crippen LogP contribution in [-0.2, 0) is 24.2 Å². The van der Waals surface area contributed by atoms with Crippen LogP contribution >= 0.6 is 11.3 Å². The van der Waals surface area contributed by atoms with E-state index < -0.39 is 5.97 Å². The van der Waals surface area contributed by atoms with Gasteiger partial charge in [0.05, 0.1) is 12.1 Å². The summed E-state index contributed by atoms with van der Waals surface area (Å²) < 4.78 is 0. The van der Waals surface area contributed by atoms with Crippen LogP contribution in [0.3, 0.4) is 0 Å². The summed E-state index contributed by atoms with van der Waals surface area (Å²) in [5.41, 5.74) is 5.27.